The molecule has 0 atom stereocenters. The van der Waals surface area contributed by atoms with Crippen LogP contribution in [0.3, 0.4) is 0 Å². The van der Waals surface area contributed by atoms with Crippen molar-refractivity contribution >= 4 is 5.91 Å². The van der Waals surface area contributed by atoms with Gasteiger partial charge in [0.15, 0.2) is 5.76 Å². The van der Waals surface area contributed by atoms with Gasteiger partial charge in [0.25, 0.3) is 5.91 Å². The lowest BCUT2D eigenvalue weighted by molar-refractivity contribution is 0.0730. The highest BCUT2D eigenvalue weighted by atomic mass is 19.1. The van der Waals surface area contributed by atoms with E-state index in [1.165, 1.54) is 11.6 Å². The maximum atomic E-state index is 14.0. The van der Waals surface area contributed by atoms with Gasteiger partial charge in [-0.3, -0.25) is 9.69 Å². The summed E-state index contributed by atoms with van der Waals surface area (Å²) in [5, 5.41) is 0. The lowest BCUT2D eigenvalue weighted by Crippen LogP contribution is -2.34. The summed E-state index contributed by atoms with van der Waals surface area (Å²) in [4.78, 5) is 17.1. The van der Waals surface area contributed by atoms with E-state index in [0.717, 1.165) is 31.8 Å². The monoisotopic (exact) mass is 408 g/mol. The van der Waals surface area contributed by atoms with Crippen LogP contribution in [0.4, 0.5) is 4.39 Å². The summed E-state index contributed by atoms with van der Waals surface area (Å²) < 4.78 is 24.9. The van der Waals surface area contributed by atoms with E-state index >= 15 is 0 Å². The van der Waals surface area contributed by atoms with Gasteiger partial charge in [-0.25, -0.2) is 4.39 Å². The van der Waals surface area contributed by atoms with E-state index in [4.69, 9.17) is 9.15 Å². The standard InChI is InChI=1S/C24H25FN2O3/c1-29-19-9-7-18(8-10-19)17-26-13-4-14-27(16-15-26)24(28)23-12-11-22(30-23)20-5-2-3-6-21(20)25/h2-3,5-12H,4,13-17H2,1H3. The number of carbonyl (C=O) groups is 1. The Morgan fingerprint density at radius 2 is 1.80 bits per heavy atom. The molecule has 0 unspecified atom stereocenters. The number of methoxy groups -OCH3 is 1. The zero-order valence-electron chi connectivity index (χ0n) is 17.0. The van der Waals surface area contributed by atoms with Crippen molar-refractivity contribution in [3.05, 3.63) is 77.8 Å². The van der Waals surface area contributed by atoms with E-state index in [-0.39, 0.29) is 17.5 Å². The van der Waals surface area contributed by atoms with Crippen LogP contribution in [0.5, 0.6) is 5.75 Å². The Balaban J connectivity index is 1.38. The molecule has 1 amide bonds. The number of rotatable bonds is 5. The van der Waals surface area contributed by atoms with E-state index in [1.807, 2.05) is 17.0 Å². The van der Waals surface area contributed by atoms with Crippen molar-refractivity contribution in [2.45, 2.75) is 13.0 Å². The molecule has 0 bridgehead atoms. The van der Waals surface area contributed by atoms with Crippen molar-refractivity contribution in [1.82, 2.24) is 9.80 Å². The molecular formula is C24H25FN2O3. The molecule has 4 rings (SSSR count). The van der Waals surface area contributed by atoms with E-state index in [2.05, 4.69) is 17.0 Å². The Kier molecular flexibility index (Phi) is 6.14. The zero-order chi connectivity index (χ0) is 20.9. The van der Waals surface area contributed by atoms with Crippen LogP contribution in [0, 0.1) is 5.82 Å². The van der Waals surface area contributed by atoms with Crippen LogP contribution in [0.25, 0.3) is 11.3 Å². The largest absolute Gasteiger partial charge is 0.497 e. The maximum absolute atomic E-state index is 14.0. The summed E-state index contributed by atoms with van der Waals surface area (Å²) in [6.45, 7) is 3.86. The highest BCUT2D eigenvalue weighted by molar-refractivity contribution is 5.92. The number of carbonyl (C=O) groups excluding carboxylic acids is 1. The number of nitrogens with zero attached hydrogens (tertiary/aromatic N) is 2. The molecule has 1 fully saturated rings. The summed E-state index contributed by atoms with van der Waals surface area (Å²) in [7, 11) is 1.66. The Hall–Kier alpha value is -3.12. The van der Waals surface area contributed by atoms with Crippen LogP contribution in [-0.4, -0.2) is 49.0 Å². The number of furan rings is 1. The maximum Gasteiger partial charge on any atom is 0.289 e. The van der Waals surface area contributed by atoms with Crippen LogP contribution in [-0.2, 0) is 6.54 Å². The first-order chi connectivity index (χ1) is 14.6. The van der Waals surface area contributed by atoms with E-state index in [0.29, 0.717) is 24.4 Å². The van der Waals surface area contributed by atoms with Crippen molar-refractivity contribution < 1.29 is 18.3 Å². The van der Waals surface area contributed by atoms with Crippen molar-refractivity contribution in [2.75, 3.05) is 33.3 Å². The molecule has 1 saturated heterocycles. The molecule has 2 aromatic carbocycles. The van der Waals surface area contributed by atoms with Gasteiger partial charge in [-0.05, 0) is 48.4 Å². The fourth-order valence-electron chi connectivity index (χ4n) is 3.74. The molecule has 156 valence electrons. The van der Waals surface area contributed by atoms with Crippen LogP contribution in [0.2, 0.25) is 0 Å². The molecule has 0 spiro atoms. The van der Waals surface area contributed by atoms with Crippen molar-refractivity contribution in [3.8, 4) is 17.1 Å². The van der Waals surface area contributed by atoms with Crippen molar-refractivity contribution in [3.63, 3.8) is 0 Å². The minimum absolute atomic E-state index is 0.149. The minimum atomic E-state index is -0.366. The molecule has 0 N–H and O–H groups in total. The number of amides is 1. The van der Waals surface area contributed by atoms with E-state index in [9.17, 15) is 9.18 Å². The van der Waals surface area contributed by atoms with Crippen LogP contribution >= 0.6 is 0 Å². The molecule has 30 heavy (non-hydrogen) atoms. The van der Waals surface area contributed by atoms with Gasteiger partial charge in [-0.15, -0.1) is 0 Å². The molecule has 2 heterocycles. The second kappa shape index (κ2) is 9.13. The average Bonchev–Trinajstić information content (AvgIpc) is 3.14. The van der Waals surface area contributed by atoms with Crippen LogP contribution in [0.1, 0.15) is 22.5 Å². The summed E-state index contributed by atoms with van der Waals surface area (Å²) >= 11 is 0. The topological polar surface area (TPSA) is 45.9 Å². The van der Waals surface area contributed by atoms with Gasteiger partial charge in [0.2, 0.25) is 0 Å². The molecule has 1 aliphatic heterocycles. The first kappa shape index (κ1) is 20.2. The summed E-state index contributed by atoms with van der Waals surface area (Å²) in [5.41, 5.74) is 1.58. The smallest absolute Gasteiger partial charge is 0.289 e. The summed E-state index contributed by atoms with van der Waals surface area (Å²) in [6.07, 6.45) is 0.892. The molecule has 0 radical (unpaired) electrons. The summed E-state index contributed by atoms with van der Waals surface area (Å²) in [5.74, 6) is 0.947. The van der Waals surface area contributed by atoms with Crippen molar-refractivity contribution in [2.24, 2.45) is 0 Å². The third kappa shape index (κ3) is 4.54. The van der Waals surface area contributed by atoms with Gasteiger partial charge in [-0.1, -0.05) is 24.3 Å². The third-order valence-electron chi connectivity index (χ3n) is 5.40. The second-order valence-corrected chi connectivity index (χ2v) is 7.41. The molecule has 3 aromatic rings. The van der Waals surface area contributed by atoms with Gasteiger partial charge in [0.05, 0.1) is 12.7 Å². The molecule has 1 aliphatic rings. The first-order valence-electron chi connectivity index (χ1n) is 10.1. The number of hydrogen-bond donors (Lipinski definition) is 0. The molecule has 1 aromatic heterocycles. The lowest BCUT2D eigenvalue weighted by atomic mass is 10.1. The van der Waals surface area contributed by atoms with Gasteiger partial charge < -0.3 is 14.1 Å². The lowest BCUT2D eigenvalue weighted by Gasteiger charge is -2.21. The van der Waals surface area contributed by atoms with Gasteiger partial charge >= 0.3 is 0 Å². The van der Waals surface area contributed by atoms with E-state index in [1.54, 1.807) is 37.4 Å². The highest BCUT2D eigenvalue weighted by Crippen LogP contribution is 2.25. The number of halogens is 1. The predicted octanol–water partition coefficient (Wildman–Crippen LogP) is 4.44. The predicted molar refractivity (Wildman–Crippen MR) is 113 cm³/mol. The SMILES string of the molecule is COc1ccc(CN2CCCN(C(=O)c3ccc(-c4ccccc4F)o3)CC2)cc1. The Morgan fingerprint density at radius 3 is 2.57 bits per heavy atom. The minimum Gasteiger partial charge on any atom is -0.497 e. The quantitative estimate of drug-likeness (QED) is 0.626. The molecule has 5 nitrogen and oxygen atoms in total. The first-order valence-corrected chi connectivity index (χ1v) is 10.1. The third-order valence-corrected chi connectivity index (χ3v) is 5.40. The average molecular weight is 408 g/mol. The Morgan fingerprint density at radius 1 is 1.00 bits per heavy atom. The van der Waals surface area contributed by atoms with Gasteiger partial charge in [0, 0.05) is 32.7 Å². The van der Waals surface area contributed by atoms with Crippen LogP contribution in [0.15, 0.2) is 65.1 Å². The molecular weight excluding hydrogens is 383 g/mol. The fraction of sp³-hybridized carbons (Fsp3) is 0.292. The fourth-order valence-corrected chi connectivity index (χ4v) is 3.74. The number of benzene rings is 2. The number of hydrogen-bond acceptors (Lipinski definition) is 4. The summed E-state index contributed by atoms with van der Waals surface area (Å²) in [6, 6.07) is 17.7. The normalized spacial score (nSPS) is 15.1. The zero-order valence-corrected chi connectivity index (χ0v) is 17.0. The second-order valence-electron chi connectivity index (χ2n) is 7.41. The number of ether oxygens (including phenoxy) is 1. The van der Waals surface area contributed by atoms with Gasteiger partial charge in [-0.2, -0.15) is 0 Å². The molecule has 0 saturated carbocycles. The van der Waals surface area contributed by atoms with Crippen molar-refractivity contribution in [1.29, 1.82) is 0 Å². The molecule has 6 heteroatoms. The highest BCUT2D eigenvalue weighted by Gasteiger charge is 2.23. The van der Waals surface area contributed by atoms with Crippen LogP contribution < -0.4 is 4.74 Å². The Bertz CT molecular complexity index is 1000. The Labute approximate surface area is 175 Å². The van der Waals surface area contributed by atoms with E-state index < -0.39 is 0 Å². The van der Waals surface area contributed by atoms with Gasteiger partial charge in [0.1, 0.15) is 17.3 Å². The molecule has 0 aliphatic carbocycles.